The Kier molecular flexibility index (Phi) is 6.80. The molecule has 4 nitrogen and oxygen atoms in total. The highest BCUT2D eigenvalue weighted by Gasteiger charge is 2.19. The minimum Gasteiger partial charge on any atom is -0.350 e. The first-order chi connectivity index (χ1) is 8.93. The highest BCUT2D eigenvalue weighted by Crippen LogP contribution is 2.15. The number of hydrogen-bond acceptors (Lipinski definition) is 3. The van der Waals surface area contributed by atoms with Gasteiger partial charge in [0.1, 0.15) is 0 Å². The SMILES string of the molecule is CCC(C)(C)NC(=O)CN(C)CCC1CCNCC1. The van der Waals surface area contributed by atoms with Crippen molar-refractivity contribution in [1.29, 1.82) is 0 Å². The zero-order valence-electron chi connectivity index (χ0n) is 13.1. The van der Waals surface area contributed by atoms with Crippen LogP contribution in [0.5, 0.6) is 0 Å². The van der Waals surface area contributed by atoms with Crippen molar-refractivity contribution < 1.29 is 4.79 Å². The lowest BCUT2D eigenvalue weighted by molar-refractivity contribution is -0.123. The Hall–Kier alpha value is -0.610. The monoisotopic (exact) mass is 269 g/mol. The molecule has 1 fully saturated rings. The van der Waals surface area contributed by atoms with Crippen LogP contribution in [0, 0.1) is 5.92 Å². The van der Waals surface area contributed by atoms with E-state index in [2.05, 4.69) is 36.3 Å². The lowest BCUT2D eigenvalue weighted by atomic mass is 9.94. The van der Waals surface area contributed by atoms with E-state index in [4.69, 9.17) is 0 Å². The average molecular weight is 269 g/mol. The first-order valence-corrected chi connectivity index (χ1v) is 7.63. The summed E-state index contributed by atoms with van der Waals surface area (Å²) in [5, 5.41) is 6.47. The molecule has 112 valence electrons. The van der Waals surface area contributed by atoms with Crippen LogP contribution in [0.2, 0.25) is 0 Å². The minimum absolute atomic E-state index is 0.0903. The lowest BCUT2D eigenvalue weighted by Crippen LogP contribution is -2.47. The third kappa shape index (κ3) is 6.92. The van der Waals surface area contributed by atoms with Crippen LogP contribution < -0.4 is 10.6 Å². The molecule has 1 rings (SSSR count). The van der Waals surface area contributed by atoms with Crippen LogP contribution in [0.15, 0.2) is 0 Å². The lowest BCUT2D eigenvalue weighted by Gasteiger charge is -2.27. The molecule has 0 atom stereocenters. The molecular formula is C15H31N3O. The number of likely N-dealkylation sites (N-methyl/N-ethyl adjacent to an activating group) is 1. The van der Waals surface area contributed by atoms with Gasteiger partial charge >= 0.3 is 0 Å². The van der Waals surface area contributed by atoms with Gasteiger partial charge in [0.15, 0.2) is 0 Å². The number of amides is 1. The van der Waals surface area contributed by atoms with Gasteiger partial charge in [-0.05, 0) is 72.1 Å². The van der Waals surface area contributed by atoms with Gasteiger partial charge in [-0.15, -0.1) is 0 Å². The highest BCUT2D eigenvalue weighted by molar-refractivity contribution is 5.78. The molecule has 0 aliphatic carbocycles. The predicted octanol–water partition coefficient (Wildman–Crippen LogP) is 1.61. The Morgan fingerprint density at radius 3 is 2.58 bits per heavy atom. The Labute approximate surface area is 118 Å². The van der Waals surface area contributed by atoms with E-state index in [1.54, 1.807) is 0 Å². The second-order valence-corrected chi connectivity index (χ2v) is 6.51. The summed E-state index contributed by atoms with van der Waals surface area (Å²) >= 11 is 0. The van der Waals surface area contributed by atoms with Gasteiger partial charge in [-0.3, -0.25) is 9.69 Å². The summed E-state index contributed by atoms with van der Waals surface area (Å²) in [4.78, 5) is 14.1. The van der Waals surface area contributed by atoms with Crippen molar-refractivity contribution in [3.05, 3.63) is 0 Å². The Morgan fingerprint density at radius 1 is 1.37 bits per heavy atom. The van der Waals surface area contributed by atoms with Gasteiger partial charge in [0.25, 0.3) is 0 Å². The summed E-state index contributed by atoms with van der Waals surface area (Å²) in [6.07, 6.45) is 4.73. The molecule has 19 heavy (non-hydrogen) atoms. The summed E-state index contributed by atoms with van der Waals surface area (Å²) in [5.41, 5.74) is -0.0903. The van der Waals surface area contributed by atoms with Crippen molar-refractivity contribution >= 4 is 5.91 Å². The molecule has 4 heteroatoms. The van der Waals surface area contributed by atoms with Gasteiger partial charge in [-0.25, -0.2) is 0 Å². The number of carbonyl (C=O) groups excluding carboxylic acids is 1. The second kappa shape index (κ2) is 7.85. The molecule has 1 saturated heterocycles. The summed E-state index contributed by atoms with van der Waals surface area (Å²) in [5.74, 6) is 0.971. The topological polar surface area (TPSA) is 44.4 Å². The molecule has 0 radical (unpaired) electrons. The van der Waals surface area contributed by atoms with Crippen molar-refractivity contribution in [2.45, 2.75) is 52.0 Å². The number of hydrogen-bond donors (Lipinski definition) is 2. The van der Waals surface area contributed by atoms with Gasteiger partial charge in [-0.2, -0.15) is 0 Å². The highest BCUT2D eigenvalue weighted by atomic mass is 16.2. The van der Waals surface area contributed by atoms with Gasteiger partial charge < -0.3 is 10.6 Å². The van der Waals surface area contributed by atoms with Crippen LogP contribution in [0.25, 0.3) is 0 Å². The van der Waals surface area contributed by atoms with E-state index in [9.17, 15) is 4.79 Å². The van der Waals surface area contributed by atoms with E-state index in [1.165, 1.54) is 19.3 Å². The number of nitrogens with one attached hydrogen (secondary N) is 2. The molecule has 0 unspecified atom stereocenters. The van der Waals surface area contributed by atoms with Gasteiger partial charge in [0.05, 0.1) is 6.54 Å². The van der Waals surface area contributed by atoms with E-state index >= 15 is 0 Å². The smallest absolute Gasteiger partial charge is 0.234 e. The molecule has 0 spiro atoms. The second-order valence-electron chi connectivity index (χ2n) is 6.51. The molecule has 0 saturated carbocycles. The van der Waals surface area contributed by atoms with Crippen LogP contribution in [0.3, 0.4) is 0 Å². The largest absolute Gasteiger partial charge is 0.350 e. The molecule has 1 heterocycles. The van der Waals surface area contributed by atoms with E-state index in [0.29, 0.717) is 6.54 Å². The van der Waals surface area contributed by atoms with Crippen molar-refractivity contribution in [2.24, 2.45) is 5.92 Å². The molecule has 1 amide bonds. The van der Waals surface area contributed by atoms with Crippen molar-refractivity contribution in [2.75, 3.05) is 33.2 Å². The van der Waals surface area contributed by atoms with Crippen LogP contribution in [-0.2, 0) is 4.79 Å². The van der Waals surface area contributed by atoms with Crippen molar-refractivity contribution in [1.82, 2.24) is 15.5 Å². The molecule has 1 aliphatic rings. The van der Waals surface area contributed by atoms with Crippen LogP contribution >= 0.6 is 0 Å². The maximum atomic E-state index is 11.9. The number of nitrogens with zero attached hydrogens (tertiary/aromatic N) is 1. The number of rotatable bonds is 7. The first-order valence-electron chi connectivity index (χ1n) is 7.63. The first kappa shape index (κ1) is 16.4. The van der Waals surface area contributed by atoms with E-state index in [1.807, 2.05) is 7.05 Å². The molecule has 0 bridgehead atoms. The van der Waals surface area contributed by atoms with Crippen LogP contribution in [-0.4, -0.2) is 49.6 Å². The zero-order valence-corrected chi connectivity index (χ0v) is 13.1. The van der Waals surface area contributed by atoms with Gasteiger partial charge in [-0.1, -0.05) is 6.92 Å². The summed E-state index contributed by atoms with van der Waals surface area (Å²) < 4.78 is 0. The van der Waals surface area contributed by atoms with E-state index < -0.39 is 0 Å². The Bertz CT molecular complexity index is 273. The number of carbonyl (C=O) groups is 1. The zero-order chi connectivity index (χ0) is 14.3. The maximum Gasteiger partial charge on any atom is 0.234 e. The van der Waals surface area contributed by atoms with Crippen molar-refractivity contribution in [3.63, 3.8) is 0 Å². The fourth-order valence-corrected chi connectivity index (χ4v) is 2.40. The van der Waals surface area contributed by atoms with Gasteiger partial charge in [0.2, 0.25) is 5.91 Å². The third-order valence-corrected chi connectivity index (χ3v) is 4.15. The Morgan fingerprint density at radius 2 is 2.00 bits per heavy atom. The number of piperidine rings is 1. The van der Waals surface area contributed by atoms with Crippen LogP contribution in [0.4, 0.5) is 0 Å². The Balaban J connectivity index is 2.19. The summed E-state index contributed by atoms with van der Waals surface area (Å²) in [7, 11) is 2.04. The van der Waals surface area contributed by atoms with Gasteiger partial charge in [0, 0.05) is 5.54 Å². The van der Waals surface area contributed by atoms with E-state index in [0.717, 1.165) is 32.0 Å². The summed E-state index contributed by atoms with van der Waals surface area (Å²) in [6.45, 7) is 10.1. The quantitative estimate of drug-likeness (QED) is 0.738. The average Bonchev–Trinajstić information content (AvgIpc) is 2.37. The normalized spacial score (nSPS) is 17.7. The molecule has 0 aromatic carbocycles. The molecule has 2 N–H and O–H groups in total. The fraction of sp³-hybridized carbons (Fsp3) is 0.933. The molecule has 0 aromatic rings. The molecular weight excluding hydrogens is 238 g/mol. The fourth-order valence-electron chi connectivity index (χ4n) is 2.40. The maximum absolute atomic E-state index is 11.9. The van der Waals surface area contributed by atoms with Crippen molar-refractivity contribution in [3.8, 4) is 0 Å². The predicted molar refractivity (Wildman–Crippen MR) is 80.2 cm³/mol. The summed E-state index contributed by atoms with van der Waals surface area (Å²) in [6, 6.07) is 0. The van der Waals surface area contributed by atoms with E-state index in [-0.39, 0.29) is 11.4 Å². The minimum atomic E-state index is -0.0903. The standard InChI is InChI=1S/C15H31N3O/c1-5-15(2,3)17-14(19)12-18(4)11-8-13-6-9-16-10-7-13/h13,16H,5-12H2,1-4H3,(H,17,19). The molecule has 0 aromatic heterocycles. The molecule has 1 aliphatic heterocycles. The van der Waals surface area contributed by atoms with Crippen LogP contribution in [0.1, 0.15) is 46.5 Å². The third-order valence-electron chi connectivity index (χ3n) is 4.15.